The van der Waals surface area contributed by atoms with Gasteiger partial charge in [-0.05, 0) is 12.8 Å². The molecule has 1 rings (SSSR count). The highest BCUT2D eigenvalue weighted by Gasteiger charge is 2.36. The van der Waals surface area contributed by atoms with Crippen molar-refractivity contribution in [3.63, 3.8) is 0 Å². The summed E-state index contributed by atoms with van der Waals surface area (Å²) in [6.45, 7) is 0. The minimum absolute atomic E-state index is 0.0672. The van der Waals surface area contributed by atoms with E-state index in [9.17, 15) is 25.8 Å². The van der Waals surface area contributed by atoms with Gasteiger partial charge in [-0.2, -0.15) is 21.6 Å². The van der Waals surface area contributed by atoms with Crippen molar-refractivity contribution in [1.29, 1.82) is 0 Å². The molecule has 2 atom stereocenters. The second-order valence-electron chi connectivity index (χ2n) is 3.77. The standard InChI is InChI=1S/C8H13F3O5S2/c9-8(10,11)6-7-15-17(12)4-2-1-3-5-18(13,14)16-7/h7H,1-6H2. The number of hydrogen-bond donors (Lipinski definition) is 0. The van der Waals surface area contributed by atoms with Crippen LogP contribution in [-0.4, -0.2) is 36.6 Å². The molecule has 0 amide bonds. The number of halogens is 3. The second kappa shape index (κ2) is 6.31. The van der Waals surface area contributed by atoms with Crippen LogP contribution >= 0.6 is 0 Å². The molecular formula is C8H13F3O5S2. The fourth-order valence-corrected chi connectivity index (χ4v) is 3.35. The van der Waals surface area contributed by atoms with E-state index in [1.54, 1.807) is 0 Å². The van der Waals surface area contributed by atoms with Crippen LogP contribution in [0.2, 0.25) is 0 Å². The lowest BCUT2D eigenvalue weighted by Gasteiger charge is -2.19. The minimum Gasteiger partial charge on any atom is -0.257 e. The maximum absolute atomic E-state index is 12.2. The van der Waals surface area contributed by atoms with Crippen LogP contribution in [0.15, 0.2) is 0 Å². The Bertz CT molecular complexity index is 392. The molecule has 1 aliphatic heterocycles. The second-order valence-corrected chi connectivity index (χ2v) is 6.70. The van der Waals surface area contributed by atoms with Crippen molar-refractivity contribution in [2.45, 2.75) is 38.1 Å². The average Bonchev–Trinajstić information content (AvgIpc) is 2.12. The van der Waals surface area contributed by atoms with Gasteiger partial charge in [0, 0.05) is 5.75 Å². The molecule has 0 aliphatic carbocycles. The normalized spacial score (nSPS) is 30.8. The Kier molecular flexibility index (Phi) is 5.56. The molecule has 0 aromatic carbocycles. The van der Waals surface area contributed by atoms with Crippen LogP contribution in [0.4, 0.5) is 13.2 Å². The van der Waals surface area contributed by atoms with Crippen LogP contribution in [0.25, 0.3) is 0 Å². The molecule has 2 unspecified atom stereocenters. The number of alkyl halides is 3. The summed E-state index contributed by atoms with van der Waals surface area (Å²) in [7, 11) is -4.09. The van der Waals surface area contributed by atoms with Gasteiger partial charge in [0.2, 0.25) is 0 Å². The van der Waals surface area contributed by atoms with E-state index in [-0.39, 0.29) is 17.9 Å². The fourth-order valence-electron chi connectivity index (χ4n) is 1.33. The van der Waals surface area contributed by atoms with Crippen LogP contribution in [0, 0.1) is 0 Å². The summed E-state index contributed by atoms with van der Waals surface area (Å²) in [5.41, 5.74) is 0. The van der Waals surface area contributed by atoms with Gasteiger partial charge < -0.3 is 0 Å². The topological polar surface area (TPSA) is 69.7 Å². The van der Waals surface area contributed by atoms with Crippen molar-refractivity contribution in [3.05, 3.63) is 0 Å². The molecule has 18 heavy (non-hydrogen) atoms. The van der Waals surface area contributed by atoms with E-state index in [2.05, 4.69) is 8.37 Å². The Morgan fingerprint density at radius 1 is 1.22 bits per heavy atom. The third-order valence-corrected chi connectivity index (χ3v) is 4.42. The van der Waals surface area contributed by atoms with Crippen LogP contribution < -0.4 is 0 Å². The third kappa shape index (κ3) is 6.66. The largest absolute Gasteiger partial charge is 0.394 e. The predicted molar refractivity (Wildman–Crippen MR) is 57.3 cm³/mol. The highest BCUT2D eigenvalue weighted by atomic mass is 32.2. The van der Waals surface area contributed by atoms with Gasteiger partial charge in [-0.15, -0.1) is 0 Å². The Morgan fingerprint density at radius 2 is 1.89 bits per heavy atom. The molecule has 108 valence electrons. The molecule has 0 radical (unpaired) electrons. The van der Waals surface area contributed by atoms with Gasteiger partial charge in [0.1, 0.15) is 0 Å². The van der Waals surface area contributed by atoms with E-state index >= 15 is 0 Å². The maximum atomic E-state index is 12.2. The minimum atomic E-state index is -4.66. The summed E-state index contributed by atoms with van der Waals surface area (Å²) in [4.78, 5) is 0. The van der Waals surface area contributed by atoms with Gasteiger partial charge in [-0.25, -0.2) is 8.39 Å². The van der Waals surface area contributed by atoms with Gasteiger partial charge in [-0.1, -0.05) is 6.42 Å². The van der Waals surface area contributed by atoms with Crippen LogP contribution in [-0.2, 0) is 29.6 Å². The van der Waals surface area contributed by atoms with Gasteiger partial charge in [0.05, 0.1) is 12.2 Å². The lowest BCUT2D eigenvalue weighted by molar-refractivity contribution is -0.173. The average molecular weight is 310 g/mol. The molecule has 0 N–H and O–H groups in total. The highest BCUT2D eigenvalue weighted by Crippen LogP contribution is 2.25. The molecule has 0 bridgehead atoms. The molecule has 0 aromatic heterocycles. The van der Waals surface area contributed by atoms with Crippen molar-refractivity contribution >= 4 is 21.2 Å². The molecule has 0 saturated carbocycles. The Labute approximate surface area is 105 Å². The zero-order valence-electron chi connectivity index (χ0n) is 9.31. The van der Waals surface area contributed by atoms with Crippen molar-refractivity contribution in [3.8, 4) is 0 Å². The summed E-state index contributed by atoms with van der Waals surface area (Å²) in [5.74, 6) is -0.297. The van der Waals surface area contributed by atoms with Crippen LogP contribution in [0.3, 0.4) is 0 Å². The summed E-state index contributed by atoms with van der Waals surface area (Å²) in [6, 6.07) is 0. The Balaban J connectivity index is 2.77. The maximum Gasteiger partial charge on any atom is 0.394 e. The first-order chi connectivity index (χ1) is 8.18. The third-order valence-electron chi connectivity index (χ3n) is 2.07. The van der Waals surface area contributed by atoms with Crippen molar-refractivity contribution < 1.29 is 34.2 Å². The van der Waals surface area contributed by atoms with Crippen molar-refractivity contribution in [2.75, 3.05) is 11.5 Å². The van der Waals surface area contributed by atoms with E-state index < -0.39 is 40.1 Å². The van der Waals surface area contributed by atoms with Gasteiger partial charge in [-0.3, -0.25) is 4.18 Å². The smallest absolute Gasteiger partial charge is 0.257 e. The first-order valence-corrected chi connectivity index (χ1v) is 8.03. The summed E-state index contributed by atoms with van der Waals surface area (Å²) in [6.07, 6.45) is -7.15. The lowest BCUT2D eigenvalue weighted by Crippen LogP contribution is -2.30. The van der Waals surface area contributed by atoms with Gasteiger partial charge in [0.25, 0.3) is 10.1 Å². The molecule has 10 heteroatoms. The SMILES string of the molecule is O=S1CCCCCS(=O)(=O)OC(CC(F)(F)F)O1. The van der Waals surface area contributed by atoms with E-state index in [1.807, 2.05) is 0 Å². The molecule has 1 saturated heterocycles. The van der Waals surface area contributed by atoms with Crippen LogP contribution in [0.1, 0.15) is 25.7 Å². The molecular weight excluding hydrogens is 297 g/mol. The summed E-state index contributed by atoms with van der Waals surface area (Å²) in [5, 5.41) is 0. The fraction of sp³-hybridized carbons (Fsp3) is 1.00. The molecule has 5 nitrogen and oxygen atoms in total. The van der Waals surface area contributed by atoms with Crippen molar-refractivity contribution in [1.82, 2.24) is 0 Å². The molecule has 1 fully saturated rings. The van der Waals surface area contributed by atoms with E-state index in [1.165, 1.54) is 0 Å². The first-order valence-electron chi connectivity index (χ1n) is 5.21. The molecule has 0 aromatic rings. The Morgan fingerprint density at radius 3 is 2.50 bits per heavy atom. The summed E-state index contributed by atoms with van der Waals surface area (Å²) >= 11 is -1.97. The van der Waals surface area contributed by atoms with Gasteiger partial charge in [0.15, 0.2) is 17.4 Å². The van der Waals surface area contributed by atoms with Gasteiger partial charge >= 0.3 is 6.18 Å². The molecule has 1 heterocycles. The lowest BCUT2D eigenvalue weighted by atomic mass is 10.3. The number of rotatable bonds is 1. The number of hydrogen-bond acceptors (Lipinski definition) is 5. The zero-order valence-corrected chi connectivity index (χ0v) is 10.9. The van der Waals surface area contributed by atoms with E-state index in [0.717, 1.165) is 0 Å². The van der Waals surface area contributed by atoms with E-state index in [0.29, 0.717) is 12.8 Å². The monoisotopic (exact) mass is 310 g/mol. The molecule has 1 aliphatic rings. The zero-order chi connectivity index (χ0) is 13.8. The summed E-state index contributed by atoms with van der Waals surface area (Å²) < 4.78 is 79.2. The first kappa shape index (κ1) is 15.9. The van der Waals surface area contributed by atoms with Crippen LogP contribution in [0.5, 0.6) is 0 Å². The van der Waals surface area contributed by atoms with E-state index in [4.69, 9.17) is 0 Å². The Hall–Kier alpha value is -0.190. The van der Waals surface area contributed by atoms with Crippen molar-refractivity contribution in [2.24, 2.45) is 0 Å². The predicted octanol–water partition coefficient (Wildman–Crippen LogP) is 1.48. The molecule has 0 spiro atoms. The highest BCUT2D eigenvalue weighted by molar-refractivity contribution is 7.86. The quantitative estimate of drug-likeness (QED) is 0.686.